The first kappa shape index (κ1) is 16.3. The van der Waals surface area contributed by atoms with Crippen molar-refractivity contribution in [3.63, 3.8) is 0 Å². The summed E-state index contributed by atoms with van der Waals surface area (Å²) < 4.78 is 0. The Kier molecular flexibility index (Phi) is 6.03. The second-order valence-corrected chi connectivity index (χ2v) is 4.68. The molecule has 0 aromatic heterocycles. The highest BCUT2D eigenvalue weighted by molar-refractivity contribution is 6.04. The zero-order valence-electron chi connectivity index (χ0n) is 12.6. The van der Waals surface area contributed by atoms with Crippen molar-refractivity contribution in [1.29, 1.82) is 0 Å². The number of carbonyl (C=O) groups is 1. The molecule has 0 aliphatic rings. The molecule has 0 spiro atoms. The predicted molar refractivity (Wildman–Crippen MR) is 89.2 cm³/mol. The summed E-state index contributed by atoms with van der Waals surface area (Å²) in [5.41, 5.74) is 9.91. The third kappa shape index (κ3) is 5.04. The molecule has 0 unspecified atom stereocenters. The lowest BCUT2D eigenvalue weighted by Gasteiger charge is -2.09. The molecule has 0 fully saturated rings. The fourth-order valence-corrected chi connectivity index (χ4v) is 1.78. The molecular formula is C18H20N2O. The van der Waals surface area contributed by atoms with Crippen LogP contribution in [0.5, 0.6) is 0 Å². The summed E-state index contributed by atoms with van der Waals surface area (Å²) in [6.07, 6.45) is 4.60. The second-order valence-electron chi connectivity index (χ2n) is 4.68. The number of anilines is 2. The van der Waals surface area contributed by atoms with Crippen molar-refractivity contribution in [2.75, 3.05) is 11.1 Å². The number of hydrogen-bond acceptors (Lipinski definition) is 2. The third-order valence-corrected chi connectivity index (χ3v) is 2.80. The summed E-state index contributed by atoms with van der Waals surface area (Å²) in [6, 6.07) is 12.8. The van der Waals surface area contributed by atoms with Gasteiger partial charge in [0.15, 0.2) is 0 Å². The number of carbonyl (C=O) groups excluding carboxylic acids is 1. The van der Waals surface area contributed by atoms with Crippen LogP contribution in [0.1, 0.15) is 28.4 Å². The summed E-state index contributed by atoms with van der Waals surface area (Å²) in [4.78, 5) is 12.0. The number of aryl methyl sites for hydroxylation is 2. The van der Waals surface area contributed by atoms with Crippen molar-refractivity contribution in [1.82, 2.24) is 0 Å². The minimum atomic E-state index is -0.123. The van der Waals surface area contributed by atoms with Crippen LogP contribution in [-0.2, 0) is 0 Å². The average molecular weight is 280 g/mol. The van der Waals surface area contributed by atoms with Crippen LogP contribution in [0.3, 0.4) is 0 Å². The zero-order chi connectivity index (χ0) is 15.8. The Balaban J connectivity index is 0.000000677. The summed E-state index contributed by atoms with van der Waals surface area (Å²) >= 11 is 0. The van der Waals surface area contributed by atoms with Gasteiger partial charge >= 0.3 is 0 Å². The number of hydrogen-bond donors (Lipinski definition) is 2. The van der Waals surface area contributed by atoms with Crippen LogP contribution in [0.15, 0.2) is 42.5 Å². The molecule has 0 saturated carbocycles. The fraction of sp³-hybridized carbons (Fsp3) is 0.167. The molecule has 2 aromatic carbocycles. The number of nitrogens with two attached hydrogens (primary N) is 1. The van der Waals surface area contributed by atoms with E-state index in [-0.39, 0.29) is 5.91 Å². The maximum absolute atomic E-state index is 12.0. The van der Waals surface area contributed by atoms with Gasteiger partial charge in [-0.2, -0.15) is 0 Å². The lowest BCUT2D eigenvalue weighted by molar-refractivity contribution is 0.102. The lowest BCUT2D eigenvalue weighted by atomic mass is 10.1. The van der Waals surface area contributed by atoms with Crippen LogP contribution in [0.25, 0.3) is 0 Å². The molecule has 2 rings (SSSR count). The molecular weight excluding hydrogens is 260 g/mol. The maximum atomic E-state index is 12.0. The summed E-state index contributed by atoms with van der Waals surface area (Å²) in [5, 5.41) is 2.89. The highest BCUT2D eigenvalue weighted by atomic mass is 16.1. The van der Waals surface area contributed by atoms with E-state index in [9.17, 15) is 4.79 Å². The van der Waals surface area contributed by atoms with E-state index in [1.807, 2.05) is 32.0 Å². The Bertz CT molecular complexity index is 652. The molecule has 0 radical (unpaired) electrons. The first-order chi connectivity index (χ1) is 9.97. The SMILES string of the molecule is C#CC.Cc1ccc(NC(=O)c2ccc(N)cc2)c(C)c1. The molecule has 3 N–H and O–H groups in total. The van der Waals surface area contributed by atoms with Crippen LogP contribution < -0.4 is 11.1 Å². The van der Waals surface area contributed by atoms with Crippen molar-refractivity contribution in [2.24, 2.45) is 0 Å². The minimum absolute atomic E-state index is 0.123. The maximum Gasteiger partial charge on any atom is 0.255 e. The molecule has 0 saturated heterocycles. The van der Waals surface area contributed by atoms with E-state index in [0.717, 1.165) is 11.3 Å². The monoisotopic (exact) mass is 280 g/mol. The highest BCUT2D eigenvalue weighted by Gasteiger charge is 2.07. The van der Waals surface area contributed by atoms with Gasteiger partial charge in [0, 0.05) is 16.9 Å². The fourth-order valence-electron chi connectivity index (χ4n) is 1.78. The van der Waals surface area contributed by atoms with Gasteiger partial charge in [-0.3, -0.25) is 4.79 Å². The van der Waals surface area contributed by atoms with E-state index in [0.29, 0.717) is 11.3 Å². The molecule has 3 heteroatoms. The van der Waals surface area contributed by atoms with Gasteiger partial charge in [0.25, 0.3) is 5.91 Å². The Morgan fingerprint density at radius 1 is 1.14 bits per heavy atom. The van der Waals surface area contributed by atoms with Crippen LogP contribution in [0.2, 0.25) is 0 Å². The number of terminal acetylenes is 1. The van der Waals surface area contributed by atoms with Gasteiger partial charge in [-0.15, -0.1) is 12.3 Å². The first-order valence-electron chi connectivity index (χ1n) is 6.59. The molecule has 0 heterocycles. The summed E-state index contributed by atoms with van der Waals surface area (Å²) in [5.74, 6) is 2.13. The quantitative estimate of drug-likeness (QED) is 0.649. The minimum Gasteiger partial charge on any atom is -0.399 e. The van der Waals surface area contributed by atoms with Crippen LogP contribution >= 0.6 is 0 Å². The molecule has 108 valence electrons. The van der Waals surface area contributed by atoms with Crippen LogP contribution in [0, 0.1) is 26.2 Å². The third-order valence-electron chi connectivity index (χ3n) is 2.80. The largest absolute Gasteiger partial charge is 0.399 e. The van der Waals surface area contributed by atoms with Crippen molar-refractivity contribution < 1.29 is 4.79 Å². The summed E-state index contributed by atoms with van der Waals surface area (Å²) in [6.45, 7) is 5.66. The number of amides is 1. The normalized spacial score (nSPS) is 9.05. The van der Waals surface area contributed by atoms with E-state index in [4.69, 9.17) is 5.73 Å². The lowest BCUT2D eigenvalue weighted by Crippen LogP contribution is -2.12. The predicted octanol–water partition coefficient (Wildman–Crippen LogP) is 3.78. The molecule has 1 amide bonds. The van der Waals surface area contributed by atoms with Gasteiger partial charge in [0.05, 0.1) is 0 Å². The van der Waals surface area contributed by atoms with Gasteiger partial charge in [-0.25, -0.2) is 0 Å². The first-order valence-corrected chi connectivity index (χ1v) is 6.59. The van der Waals surface area contributed by atoms with Crippen molar-refractivity contribution in [3.8, 4) is 12.3 Å². The van der Waals surface area contributed by atoms with Gasteiger partial charge in [0.2, 0.25) is 0 Å². The van der Waals surface area contributed by atoms with E-state index >= 15 is 0 Å². The number of rotatable bonds is 2. The summed E-state index contributed by atoms with van der Waals surface area (Å²) in [7, 11) is 0. The highest BCUT2D eigenvalue weighted by Crippen LogP contribution is 2.17. The topological polar surface area (TPSA) is 55.1 Å². The van der Waals surface area contributed by atoms with E-state index in [1.54, 1.807) is 31.2 Å². The van der Waals surface area contributed by atoms with E-state index in [2.05, 4.69) is 17.7 Å². The molecule has 0 aliphatic heterocycles. The molecule has 0 atom stereocenters. The van der Waals surface area contributed by atoms with Gasteiger partial charge in [-0.05, 0) is 56.7 Å². The smallest absolute Gasteiger partial charge is 0.255 e. The Morgan fingerprint density at radius 2 is 1.71 bits per heavy atom. The molecule has 0 aliphatic carbocycles. The van der Waals surface area contributed by atoms with Crippen LogP contribution in [0.4, 0.5) is 11.4 Å². The van der Waals surface area contributed by atoms with Crippen LogP contribution in [-0.4, -0.2) is 5.91 Å². The molecule has 2 aromatic rings. The average Bonchev–Trinajstić information content (AvgIpc) is 2.43. The van der Waals surface area contributed by atoms with E-state index < -0.39 is 0 Å². The van der Waals surface area contributed by atoms with E-state index in [1.165, 1.54) is 5.56 Å². The Hall–Kier alpha value is -2.73. The number of benzene rings is 2. The second kappa shape index (κ2) is 7.76. The molecule has 21 heavy (non-hydrogen) atoms. The van der Waals surface area contributed by atoms with Gasteiger partial charge in [-0.1, -0.05) is 17.7 Å². The standard InChI is InChI=1S/C15H16N2O.C3H4/c1-10-3-8-14(11(2)9-10)17-15(18)12-4-6-13(16)7-5-12;1-3-2/h3-9H,16H2,1-2H3,(H,17,18);1H,2H3. The Morgan fingerprint density at radius 3 is 2.24 bits per heavy atom. The van der Waals surface area contributed by atoms with Gasteiger partial charge < -0.3 is 11.1 Å². The molecule has 3 nitrogen and oxygen atoms in total. The van der Waals surface area contributed by atoms with Crippen molar-refractivity contribution >= 4 is 17.3 Å². The Labute approximate surface area is 126 Å². The number of nitrogen functional groups attached to an aromatic ring is 1. The van der Waals surface area contributed by atoms with Crippen molar-refractivity contribution in [2.45, 2.75) is 20.8 Å². The van der Waals surface area contributed by atoms with Gasteiger partial charge in [0.1, 0.15) is 0 Å². The van der Waals surface area contributed by atoms with Crippen molar-refractivity contribution in [3.05, 3.63) is 59.2 Å². The zero-order valence-corrected chi connectivity index (χ0v) is 12.6. The molecule has 0 bridgehead atoms. The number of nitrogens with one attached hydrogen (secondary N) is 1.